The summed E-state index contributed by atoms with van der Waals surface area (Å²) in [5, 5.41) is 0. The van der Waals surface area contributed by atoms with E-state index in [4.69, 9.17) is 4.74 Å². The number of carbonyl (C=O) groups excluding carboxylic acids is 1. The first kappa shape index (κ1) is 20.9. The van der Waals surface area contributed by atoms with Gasteiger partial charge < -0.3 is 9.64 Å². The monoisotopic (exact) mass is 426 g/mol. The van der Waals surface area contributed by atoms with Gasteiger partial charge in [0.15, 0.2) is 0 Å². The molecule has 0 N–H and O–H groups in total. The molecule has 2 aromatic carbocycles. The van der Waals surface area contributed by atoms with Crippen molar-refractivity contribution in [2.24, 2.45) is 0 Å². The van der Waals surface area contributed by atoms with Crippen molar-refractivity contribution in [3.8, 4) is 5.75 Å². The fraction of sp³-hybridized carbons (Fsp3) is 0.250. The molecule has 160 valence electrons. The fourth-order valence-electron chi connectivity index (χ4n) is 3.80. The third-order valence-electron chi connectivity index (χ3n) is 5.40. The predicted molar refractivity (Wildman–Crippen MR) is 109 cm³/mol. The maximum absolute atomic E-state index is 13.0. The van der Waals surface area contributed by atoms with E-state index in [-0.39, 0.29) is 25.0 Å². The Morgan fingerprint density at radius 1 is 1.03 bits per heavy atom. The lowest BCUT2D eigenvalue weighted by Crippen LogP contribution is -2.39. The number of carbonyl (C=O) groups is 1. The SMILES string of the molecule is O=C(CCOc1ccc(C(F)(F)F)cc1)N1Cc2ccccc2CC1c1cccnc1. The molecule has 0 saturated heterocycles. The highest BCUT2D eigenvalue weighted by Crippen LogP contribution is 2.33. The molecular weight excluding hydrogens is 405 g/mol. The molecule has 1 amide bonds. The summed E-state index contributed by atoms with van der Waals surface area (Å²) < 4.78 is 43.5. The zero-order valence-electron chi connectivity index (χ0n) is 16.7. The van der Waals surface area contributed by atoms with Crippen molar-refractivity contribution in [3.63, 3.8) is 0 Å². The van der Waals surface area contributed by atoms with Crippen LogP contribution in [0.25, 0.3) is 0 Å². The largest absolute Gasteiger partial charge is 0.493 e. The molecule has 1 aromatic heterocycles. The molecule has 7 heteroatoms. The van der Waals surface area contributed by atoms with Crippen LogP contribution in [0.15, 0.2) is 73.1 Å². The molecule has 0 fully saturated rings. The van der Waals surface area contributed by atoms with E-state index in [0.29, 0.717) is 18.7 Å². The molecule has 1 aliphatic heterocycles. The van der Waals surface area contributed by atoms with Crippen molar-refractivity contribution < 1.29 is 22.7 Å². The molecule has 2 heterocycles. The minimum Gasteiger partial charge on any atom is -0.493 e. The highest BCUT2D eigenvalue weighted by Gasteiger charge is 2.31. The van der Waals surface area contributed by atoms with E-state index in [1.807, 2.05) is 35.2 Å². The lowest BCUT2D eigenvalue weighted by molar-refractivity contribution is -0.137. The van der Waals surface area contributed by atoms with Gasteiger partial charge in [0, 0.05) is 18.9 Å². The Balaban J connectivity index is 1.43. The number of benzene rings is 2. The third kappa shape index (κ3) is 4.87. The summed E-state index contributed by atoms with van der Waals surface area (Å²) in [4.78, 5) is 19.1. The van der Waals surface area contributed by atoms with Crippen LogP contribution in [0.5, 0.6) is 5.75 Å². The third-order valence-corrected chi connectivity index (χ3v) is 5.40. The van der Waals surface area contributed by atoms with Crippen LogP contribution in [0.1, 0.15) is 34.7 Å². The van der Waals surface area contributed by atoms with Gasteiger partial charge in [-0.15, -0.1) is 0 Å². The van der Waals surface area contributed by atoms with Crippen molar-refractivity contribution in [2.45, 2.75) is 31.6 Å². The number of nitrogens with zero attached hydrogens (tertiary/aromatic N) is 2. The number of pyridine rings is 1. The topological polar surface area (TPSA) is 42.4 Å². The summed E-state index contributed by atoms with van der Waals surface area (Å²) in [6.45, 7) is 0.580. The van der Waals surface area contributed by atoms with Gasteiger partial charge in [-0.1, -0.05) is 30.3 Å². The van der Waals surface area contributed by atoms with Crippen LogP contribution < -0.4 is 4.74 Å². The lowest BCUT2D eigenvalue weighted by Gasteiger charge is -2.37. The molecule has 0 spiro atoms. The van der Waals surface area contributed by atoms with Crippen LogP contribution in [0.4, 0.5) is 13.2 Å². The molecule has 0 bridgehead atoms. The van der Waals surface area contributed by atoms with Crippen LogP contribution in [-0.2, 0) is 23.9 Å². The van der Waals surface area contributed by atoms with Crippen molar-refractivity contribution in [1.29, 1.82) is 0 Å². The van der Waals surface area contributed by atoms with Crippen LogP contribution >= 0.6 is 0 Å². The summed E-state index contributed by atoms with van der Waals surface area (Å²) >= 11 is 0. The smallest absolute Gasteiger partial charge is 0.416 e. The van der Waals surface area contributed by atoms with Crippen LogP contribution in [-0.4, -0.2) is 22.4 Å². The van der Waals surface area contributed by atoms with E-state index >= 15 is 0 Å². The first-order valence-corrected chi connectivity index (χ1v) is 9.98. The Labute approximate surface area is 178 Å². The molecule has 0 aliphatic carbocycles. The van der Waals surface area contributed by atoms with Gasteiger partial charge in [-0.2, -0.15) is 13.2 Å². The van der Waals surface area contributed by atoms with Gasteiger partial charge in [-0.3, -0.25) is 9.78 Å². The Bertz CT molecular complexity index is 1040. The number of aromatic nitrogens is 1. The summed E-state index contributed by atoms with van der Waals surface area (Å²) in [5.41, 5.74) is 2.55. The number of fused-ring (bicyclic) bond motifs is 1. The molecule has 0 radical (unpaired) electrons. The first-order valence-electron chi connectivity index (χ1n) is 9.98. The standard InChI is InChI=1S/C24H21F3N2O2/c25-24(26,27)20-7-9-21(10-8-20)31-13-11-23(30)29-16-19-5-2-1-4-17(19)14-22(29)18-6-3-12-28-15-18/h1-10,12,15,22H,11,13-14,16H2. The van der Waals surface area contributed by atoms with Crippen molar-refractivity contribution >= 4 is 5.91 Å². The maximum atomic E-state index is 13.0. The molecule has 1 aliphatic rings. The normalized spacial score (nSPS) is 16.0. The maximum Gasteiger partial charge on any atom is 0.416 e. The molecule has 3 aromatic rings. The minimum atomic E-state index is -4.39. The Morgan fingerprint density at radius 2 is 1.77 bits per heavy atom. The van der Waals surface area contributed by atoms with E-state index in [9.17, 15) is 18.0 Å². The van der Waals surface area contributed by atoms with Crippen molar-refractivity contribution in [2.75, 3.05) is 6.61 Å². The number of hydrogen-bond donors (Lipinski definition) is 0. The molecule has 31 heavy (non-hydrogen) atoms. The second kappa shape index (κ2) is 8.79. The predicted octanol–water partition coefficient (Wildman–Crippen LogP) is 5.20. The summed E-state index contributed by atoms with van der Waals surface area (Å²) in [6, 6.07) is 16.2. The number of halogens is 3. The Kier molecular flexibility index (Phi) is 5.93. The second-order valence-corrected chi connectivity index (χ2v) is 7.42. The highest BCUT2D eigenvalue weighted by molar-refractivity contribution is 5.77. The number of ether oxygens (including phenoxy) is 1. The summed E-state index contributed by atoms with van der Waals surface area (Å²) in [5.74, 6) is 0.226. The zero-order valence-corrected chi connectivity index (χ0v) is 16.7. The van der Waals surface area contributed by atoms with E-state index in [0.717, 1.165) is 23.3 Å². The Morgan fingerprint density at radius 3 is 2.45 bits per heavy atom. The first-order chi connectivity index (χ1) is 14.9. The average molecular weight is 426 g/mol. The quantitative estimate of drug-likeness (QED) is 0.564. The van der Waals surface area contributed by atoms with E-state index < -0.39 is 11.7 Å². The van der Waals surface area contributed by atoms with Gasteiger partial charge in [-0.05, 0) is 53.4 Å². The van der Waals surface area contributed by atoms with Crippen LogP contribution in [0, 0.1) is 0 Å². The molecule has 0 saturated carbocycles. The van der Waals surface area contributed by atoms with Gasteiger partial charge in [0.1, 0.15) is 5.75 Å². The zero-order chi connectivity index (χ0) is 21.8. The highest BCUT2D eigenvalue weighted by atomic mass is 19.4. The minimum absolute atomic E-state index is 0.0738. The van der Waals surface area contributed by atoms with E-state index in [1.165, 1.54) is 17.7 Å². The van der Waals surface area contributed by atoms with Gasteiger partial charge in [0.05, 0.1) is 24.6 Å². The number of amides is 1. The van der Waals surface area contributed by atoms with Gasteiger partial charge in [0.2, 0.25) is 5.91 Å². The van der Waals surface area contributed by atoms with Crippen molar-refractivity contribution in [3.05, 3.63) is 95.3 Å². The second-order valence-electron chi connectivity index (χ2n) is 7.42. The van der Waals surface area contributed by atoms with E-state index in [1.54, 1.807) is 12.4 Å². The molecule has 1 atom stereocenters. The van der Waals surface area contributed by atoms with Crippen LogP contribution in [0.3, 0.4) is 0 Å². The summed E-state index contributed by atoms with van der Waals surface area (Å²) in [7, 11) is 0. The number of alkyl halides is 3. The summed E-state index contributed by atoms with van der Waals surface area (Å²) in [6.07, 6.45) is -0.0877. The number of hydrogen-bond acceptors (Lipinski definition) is 3. The van der Waals surface area contributed by atoms with Gasteiger partial charge in [-0.25, -0.2) is 0 Å². The molecule has 1 unspecified atom stereocenters. The van der Waals surface area contributed by atoms with E-state index in [2.05, 4.69) is 11.1 Å². The van der Waals surface area contributed by atoms with Crippen molar-refractivity contribution in [1.82, 2.24) is 9.88 Å². The van der Waals surface area contributed by atoms with Gasteiger partial charge in [0.25, 0.3) is 0 Å². The van der Waals surface area contributed by atoms with Gasteiger partial charge >= 0.3 is 6.18 Å². The van der Waals surface area contributed by atoms with Crippen LogP contribution in [0.2, 0.25) is 0 Å². The number of rotatable bonds is 5. The lowest BCUT2D eigenvalue weighted by atomic mass is 9.90. The fourth-order valence-corrected chi connectivity index (χ4v) is 3.80. The Hall–Kier alpha value is -3.35. The average Bonchev–Trinajstić information content (AvgIpc) is 2.78. The molecular formula is C24H21F3N2O2. The molecule has 4 nitrogen and oxygen atoms in total. The molecule has 4 rings (SSSR count).